The quantitative estimate of drug-likeness (QED) is 0.445. The lowest BCUT2D eigenvalue weighted by Crippen LogP contribution is -2.33. The van der Waals surface area contributed by atoms with Crippen molar-refractivity contribution in [2.24, 2.45) is 0 Å². The van der Waals surface area contributed by atoms with Crippen LogP contribution in [0.1, 0.15) is 56.0 Å². The van der Waals surface area contributed by atoms with Crippen LogP contribution in [0.4, 0.5) is 10.7 Å². The third kappa shape index (κ3) is 3.23. The summed E-state index contributed by atoms with van der Waals surface area (Å²) in [5.41, 5.74) is 0.773. The molecule has 0 fully saturated rings. The zero-order chi connectivity index (χ0) is 21.4. The number of carbonyl (C=O) groups excluding carboxylic acids is 3. The van der Waals surface area contributed by atoms with E-state index in [9.17, 15) is 29.8 Å². The van der Waals surface area contributed by atoms with Gasteiger partial charge >= 0.3 is 0 Å². The van der Waals surface area contributed by atoms with Gasteiger partial charge in [-0.3, -0.25) is 29.4 Å². The van der Waals surface area contributed by atoms with Gasteiger partial charge in [-0.05, 0) is 37.3 Å². The van der Waals surface area contributed by atoms with E-state index in [2.05, 4.69) is 11.4 Å². The number of anilines is 1. The fourth-order valence-electron chi connectivity index (χ4n) is 3.85. The first-order chi connectivity index (χ1) is 14.4. The molecule has 0 radical (unpaired) electrons. The SMILES string of the molecule is N#Cc1c(NC(=O)CCN2C(=O)c3cccc([N+](=O)[O-])c3C2=O)sc2c1CCCC2. The number of imide groups is 1. The van der Waals surface area contributed by atoms with Crippen molar-refractivity contribution in [2.45, 2.75) is 32.1 Å². The lowest BCUT2D eigenvalue weighted by atomic mass is 9.96. The first-order valence-corrected chi connectivity index (χ1v) is 10.2. The highest BCUT2D eigenvalue weighted by Crippen LogP contribution is 2.37. The van der Waals surface area contributed by atoms with Crippen molar-refractivity contribution in [1.29, 1.82) is 5.26 Å². The molecule has 2 aliphatic rings. The van der Waals surface area contributed by atoms with E-state index in [1.807, 2.05) is 0 Å². The summed E-state index contributed by atoms with van der Waals surface area (Å²) in [5, 5.41) is 23.9. The van der Waals surface area contributed by atoms with Crippen LogP contribution in [0, 0.1) is 21.4 Å². The van der Waals surface area contributed by atoms with Crippen LogP contribution in [0.3, 0.4) is 0 Å². The highest BCUT2D eigenvalue weighted by molar-refractivity contribution is 7.16. The van der Waals surface area contributed by atoms with Gasteiger partial charge in [0.05, 0.1) is 16.1 Å². The Hall–Kier alpha value is -3.58. The number of benzene rings is 1. The molecular formula is C20H16N4O5S. The molecule has 30 heavy (non-hydrogen) atoms. The maximum Gasteiger partial charge on any atom is 0.282 e. The minimum atomic E-state index is -0.778. The number of nitro groups is 1. The molecule has 0 spiro atoms. The summed E-state index contributed by atoms with van der Waals surface area (Å²) in [6.45, 7) is -0.206. The molecule has 0 saturated carbocycles. The molecule has 4 rings (SSSR count). The normalized spacial score (nSPS) is 14.8. The monoisotopic (exact) mass is 424 g/mol. The van der Waals surface area contributed by atoms with Gasteiger partial charge in [0.2, 0.25) is 5.91 Å². The average molecular weight is 424 g/mol. The molecule has 2 aromatic rings. The smallest absolute Gasteiger partial charge is 0.282 e. The van der Waals surface area contributed by atoms with Crippen molar-refractivity contribution in [3.63, 3.8) is 0 Å². The lowest BCUT2D eigenvalue weighted by molar-refractivity contribution is -0.385. The van der Waals surface area contributed by atoms with Crippen LogP contribution in [-0.2, 0) is 17.6 Å². The summed E-state index contributed by atoms with van der Waals surface area (Å²) < 4.78 is 0. The van der Waals surface area contributed by atoms with Gasteiger partial charge in [0.1, 0.15) is 16.6 Å². The van der Waals surface area contributed by atoms with Crippen LogP contribution < -0.4 is 5.32 Å². The number of nitriles is 1. The molecule has 1 aromatic carbocycles. The van der Waals surface area contributed by atoms with E-state index in [1.54, 1.807) is 0 Å². The standard InChI is InChI=1S/C20H16N4O5S/c21-10-13-11-4-1-2-7-15(11)30-18(13)22-16(25)8-9-23-19(26)12-5-3-6-14(24(28)29)17(12)20(23)27/h3,5-6H,1-2,4,7-9H2,(H,22,25). The highest BCUT2D eigenvalue weighted by Gasteiger charge is 2.40. The van der Waals surface area contributed by atoms with Crippen molar-refractivity contribution < 1.29 is 19.3 Å². The van der Waals surface area contributed by atoms with Crippen molar-refractivity contribution in [3.05, 3.63) is 55.4 Å². The van der Waals surface area contributed by atoms with Gasteiger partial charge in [-0.1, -0.05) is 6.07 Å². The maximum atomic E-state index is 12.6. The molecule has 0 saturated heterocycles. The number of hydrogen-bond donors (Lipinski definition) is 1. The zero-order valence-electron chi connectivity index (χ0n) is 15.8. The van der Waals surface area contributed by atoms with Crippen LogP contribution in [0.25, 0.3) is 0 Å². The Morgan fingerprint density at radius 1 is 1.27 bits per heavy atom. The lowest BCUT2D eigenvalue weighted by Gasteiger charge is -2.13. The van der Waals surface area contributed by atoms with Crippen molar-refractivity contribution >= 4 is 39.7 Å². The molecular weight excluding hydrogens is 408 g/mol. The van der Waals surface area contributed by atoms with E-state index in [0.29, 0.717) is 10.6 Å². The molecule has 0 atom stereocenters. The number of aryl methyl sites for hydroxylation is 1. The number of nitrogens with one attached hydrogen (secondary N) is 1. The second-order valence-electron chi connectivity index (χ2n) is 7.04. The Balaban J connectivity index is 1.47. The summed E-state index contributed by atoms with van der Waals surface area (Å²) >= 11 is 1.39. The molecule has 1 aliphatic heterocycles. The van der Waals surface area contributed by atoms with E-state index in [1.165, 1.54) is 29.5 Å². The molecule has 10 heteroatoms. The third-order valence-corrected chi connectivity index (χ3v) is 6.48. The van der Waals surface area contributed by atoms with Gasteiger partial charge < -0.3 is 5.32 Å². The predicted molar refractivity (Wildman–Crippen MR) is 107 cm³/mol. The fourth-order valence-corrected chi connectivity index (χ4v) is 5.10. The van der Waals surface area contributed by atoms with Crippen LogP contribution in [0.2, 0.25) is 0 Å². The van der Waals surface area contributed by atoms with Crippen LogP contribution in [-0.4, -0.2) is 34.1 Å². The first-order valence-electron chi connectivity index (χ1n) is 9.40. The topological polar surface area (TPSA) is 133 Å². The van der Waals surface area contributed by atoms with Gasteiger partial charge in [0.25, 0.3) is 17.5 Å². The summed E-state index contributed by atoms with van der Waals surface area (Å²) in [4.78, 5) is 49.9. The number of nitro benzene ring substituents is 1. The molecule has 0 bridgehead atoms. The largest absolute Gasteiger partial charge is 0.317 e. The minimum absolute atomic E-state index is 0.0349. The summed E-state index contributed by atoms with van der Waals surface area (Å²) in [5.74, 6) is -1.87. The molecule has 0 unspecified atom stereocenters. The van der Waals surface area contributed by atoms with E-state index in [-0.39, 0.29) is 24.1 Å². The van der Waals surface area contributed by atoms with Crippen LogP contribution >= 0.6 is 11.3 Å². The van der Waals surface area contributed by atoms with Crippen molar-refractivity contribution in [1.82, 2.24) is 4.90 Å². The number of fused-ring (bicyclic) bond motifs is 2. The summed E-state index contributed by atoms with van der Waals surface area (Å²) in [7, 11) is 0. The van der Waals surface area contributed by atoms with Gasteiger partial charge in [0, 0.05) is 23.9 Å². The average Bonchev–Trinajstić information content (AvgIpc) is 3.20. The maximum absolute atomic E-state index is 12.6. The number of nitrogens with zero attached hydrogens (tertiary/aromatic N) is 3. The molecule has 1 aliphatic carbocycles. The Morgan fingerprint density at radius 3 is 2.77 bits per heavy atom. The van der Waals surface area contributed by atoms with E-state index >= 15 is 0 Å². The fraction of sp³-hybridized carbons (Fsp3) is 0.300. The minimum Gasteiger partial charge on any atom is -0.317 e. The van der Waals surface area contributed by atoms with Crippen molar-refractivity contribution in [3.8, 4) is 6.07 Å². The molecule has 9 nitrogen and oxygen atoms in total. The van der Waals surface area contributed by atoms with Gasteiger partial charge in [-0.25, -0.2) is 0 Å². The highest BCUT2D eigenvalue weighted by atomic mass is 32.1. The van der Waals surface area contributed by atoms with Gasteiger partial charge in [-0.2, -0.15) is 5.26 Å². The number of amides is 3. The zero-order valence-corrected chi connectivity index (χ0v) is 16.6. The Bertz CT molecular complexity index is 1150. The number of thiophene rings is 1. The summed E-state index contributed by atoms with van der Waals surface area (Å²) in [6.07, 6.45) is 3.60. The first kappa shape index (κ1) is 19.7. The second kappa shape index (κ2) is 7.68. The Labute approximate surface area is 175 Å². The molecule has 152 valence electrons. The second-order valence-corrected chi connectivity index (χ2v) is 8.15. The molecule has 1 N–H and O–H groups in total. The van der Waals surface area contributed by atoms with E-state index in [0.717, 1.165) is 41.0 Å². The molecule has 3 amide bonds. The van der Waals surface area contributed by atoms with Crippen LogP contribution in [0.15, 0.2) is 18.2 Å². The number of rotatable bonds is 5. The van der Waals surface area contributed by atoms with Gasteiger partial charge in [-0.15, -0.1) is 11.3 Å². The third-order valence-electron chi connectivity index (χ3n) is 5.27. The van der Waals surface area contributed by atoms with E-state index < -0.39 is 28.3 Å². The van der Waals surface area contributed by atoms with E-state index in [4.69, 9.17) is 0 Å². The van der Waals surface area contributed by atoms with Crippen molar-refractivity contribution in [2.75, 3.05) is 11.9 Å². The molecule has 2 heterocycles. The molecule has 1 aromatic heterocycles. The number of hydrogen-bond acceptors (Lipinski definition) is 7. The number of carbonyl (C=O) groups is 3. The Kier molecular flexibility index (Phi) is 5.05. The predicted octanol–water partition coefficient (Wildman–Crippen LogP) is 3.03. The Morgan fingerprint density at radius 2 is 2.03 bits per heavy atom. The summed E-state index contributed by atoms with van der Waals surface area (Å²) in [6, 6.07) is 6.04. The van der Waals surface area contributed by atoms with Gasteiger partial charge in [0.15, 0.2) is 0 Å². The van der Waals surface area contributed by atoms with Crippen LogP contribution in [0.5, 0.6) is 0 Å².